The topological polar surface area (TPSA) is 89.5 Å². The largest absolute Gasteiger partial charge is 0.368 e. The Balaban J connectivity index is 1.27. The molecule has 184 valence electrons. The van der Waals surface area contributed by atoms with Gasteiger partial charge in [0.15, 0.2) is 0 Å². The molecule has 2 saturated heterocycles. The average molecular weight is 481 g/mol. The van der Waals surface area contributed by atoms with E-state index in [-0.39, 0.29) is 17.5 Å². The van der Waals surface area contributed by atoms with Gasteiger partial charge < -0.3 is 15.5 Å². The van der Waals surface area contributed by atoms with E-state index in [1.54, 1.807) is 6.20 Å². The number of hydrogen-bond donors (Lipinski definition) is 1. The number of benzene rings is 2. The highest BCUT2D eigenvalue weighted by molar-refractivity contribution is 5.96. The summed E-state index contributed by atoms with van der Waals surface area (Å²) in [7, 11) is 0. The number of rotatable bonds is 2. The quantitative estimate of drug-likeness (QED) is 0.600. The first-order valence-corrected chi connectivity index (χ1v) is 12.8. The first-order chi connectivity index (χ1) is 17.3. The lowest BCUT2D eigenvalue weighted by Crippen LogP contribution is -2.51. The van der Waals surface area contributed by atoms with Crippen molar-refractivity contribution in [2.75, 3.05) is 31.1 Å². The van der Waals surface area contributed by atoms with Crippen LogP contribution in [0.1, 0.15) is 59.8 Å². The normalized spacial score (nSPS) is 23.3. The van der Waals surface area contributed by atoms with Crippen LogP contribution in [-0.2, 0) is 6.54 Å². The number of fused-ring (bicyclic) bond motifs is 4. The van der Waals surface area contributed by atoms with Gasteiger partial charge in [0.05, 0.1) is 17.1 Å². The molecular formula is C29H32N6O. The van der Waals surface area contributed by atoms with Crippen molar-refractivity contribution in [3.63, 3.8) is 0 Å². The van der Waals surface area contributed by atoms with Crippen molar-refractivity contribution in [2.24, 2.45) is 5.73 Å². The van der Waals surface area contributed by atoms with E-state index in [2.05, 4.69) is 59.0 Å². The van der Waals surface area contributed by atoms with Gasteiger partial charge in [-0.3, -0.25) is 14.7 Å². The molecule has 2 unspecified atom stereocenters. The molecule has 1 amide bonds. The zero-order valence-corrected chi connectivity index (χ0v) is 20.9. The number of anilines is 1. The van der Waals surface area contributed by atoms with Gasteiger partial charge in [0.1, 0.15) is 6.07 Å². The van der Waals surface area contributed by atoms with Crippen LogP contribution in [0, 0.1) is 11.3 Å². The average Bonchev–Trinajstić information content (AvgIpc) is 3.26. The smallest absolute Gasteiger partial charge is 0.253 e. The number of piperidine rings is 1. The number of aromatic nitrogens is 1. The van der Waals surface area contributed by atoms with Crippen LogP contribution in [-0.4, -0.2) is 58.5 Å². The Morgan fingerprint density at radius 1 is 1.17 bits per heavy atom. The van der Waals surface area contributed by atoms with E-state index in [0.29, 0.717) is 11.6 Å². The van der Waals surface area contributed by atoms with Crippen LogP contribution in [0.25, 0.3) is 10.9 Å². The third-order valence-corrected chi connectivity index (χ3v) is 8.35. The molecule has 0 radical (unpaired) electrons. The molecule has 3 aromatic rings. The molecule has 7 heteroatoms. The second-order valence-electron chi connectivity index (χ2n) is 10.9. The molecule has 1 aromatic heterocycles. The predicted octanol–water partition coefficient (Wildman–Crippen LogP) is 3.83. The molecule has 0 saturated carbocycles. The maximum Gasteiger partial charge on any atom is 0.253 e. The van der Waals surface area contributed by atoms with Gasteiger partial charge in [0, 0.05) is 67.1 Å². The van der Waals surface area contributed by atoms with Crippen LogP contribution in [0.2, 0.25) is 0 Å². The fourth-order valence-electron chi connectivity index (χ4n) is 6.18. The lowest BCUT2D eigenvalue weighted by atomic mass is 9.90. The molecule has 3 aliphatic heterocycles. The summed E-state index contributed by atoms with van der Waals surface area (Å²) in [6, 6.07) is 17.1. The number of nitrogens with two attached hydrogens (primary N) is 1. The fourth-order valence-corrected chi connectivity index (χ4v) is 6.18. The predicted molar refractivity (Wildman–Crippen MR) is 141 cm³/mol. The number of carbonyl (C=O) groups is 1. The van der Waals surface area contributed by atoms with Crippen LogP contribution >= 0.6 is 0 Å². The minimum Gasteiger partial charge on any atom is -0.368 e. The Morgan fingerprint density at radius 3 is 2.75 bits per heavy atom. The zero-order valence-electron chi connectivity index (χ0n) is 20.9. The molecule has 7 nitrogen and oxygen atoms in total. The van der Waals surface area contributed by atoms with Crippen LogP contribution in [0.4, 0.5) is 5.69 Å². The summed E-state index contributed by atoms with van der Waals surface area (Å²) in [6.45, 7) is 8.42. The molecule has 2 atom stereocenters. The molecule has 0 aliphatic carbocycles. The molecule has 3 aliphatic rings. The molecular weight excluding hydrogens is 448 g/mol. The summed E-state index contributed by atoms with van der Waals surface area (Å²) in [5.41, 5.74) is 11.9. The standard InChI is InChI=1S/C29H32N6O/c1-19-16-34(25-8-6-21(15-30)27-24(25)4-3-11-32-27)18-26-23-7-5-20(14-22(23)17-35(19)26)28(36)33-12-9-29(2,31)10-13-33/h3-8,11,14,19,26H,9-10,12-13,16-18,31H2,1-2H3. The number of carbonyl (C=O) groups excluding carboxylic acids is 1. The molecule has 2 N–H and O–H groups in total. The van der Waals surface area contributed by atoms with Crippen molar-refractivity contribution in [1.29, 1.82) is 5.26 Å². The summed E-state index contributed by atoms with van der Waals surface area (Å²) in [6.07, 6.45) is 3.43. The second-order valence-corrected chi connectivity index (χ2v) is 10.9. The monoisotopic (exact) mass is 480 g/mol. The van der Waals surface area contributed by atoms with Gasteiger partial charge in [-0.2, -0.15) is 5.26 Å². The number of piperazine rings is 1. The summed E-state index contributed by atoms with van der Waals surface area (Å²) in [5.74, 6) is 0.115. The van der Waals surface area contributed by atoms with Crippen LogP contribution in [0.3, 0.4) is 0 Å². The summed E-state index contributed by atoms with van der Waals surface area (Å²) < 4.78 is 0. The van der Waals surface area contributed by atoms with Crippen molar-refractivity contribution in [2.45, 2.75) is 50.9 Å². The van der Waals surface area contributed by atoms with Gasteiger partial charge in [0.2, 0.25) is 0 Å². The lowest BCUT2D eigenvalue weighted by molar-refractivity contribution is 0.0681. The van der Waals surface area contributed by atoms with Gasteiger partial charge >= 0.3 is 0 Å². The van der Waals surface area contributed by atoms with Crippen molar-refractivity contribution >= 4 is 22.5 Å². The summed E-state index contributed by atoms with van der Waals surface area (Å²) in [5, 5.41) is 10.6. The van der Waals surface area contributed by atoms with Crippen LogP contribution in [0.15, 0.2) is 48.7 Å². The zero-order chi connectivity index (χ0) is 25.0. The van der Waals surface area contributed by atoms with Crippen molar-refractivity contribution in [3.05, 3.63) is 70.9 Å². The Kier molecular flexibility index (Phi) is 5.47. The molecule has 0 bridgehead atoms. The molecule has 4 heterocycles. The number of hydrogen-bond acceptors (Lipinski definition) is 6. The Hall–Kier alpha value is -3.47. The SMILES string of the molecule is CC1CN(c2ccc(C#N)c3ncccc23)CC2c3ccc(C(=O)N4CCC(C)(N)CC4)cc3CN12. The van der Waals surface area contributed by atoms with Crippen molar-refractivity contribution < 1.29 is 4.79 Å². The van der Waals surface area contributed by atoms with E-state index in [1.165, 1.54) is 11.1 Å². The molecule has 2 fully saturated rings. The van der Waals surface area contributed by atoms with Crippen LogP contribution in [0.5, 0.6) is 0 Å². The highest BCUT2D eigenvalue weighted by Gasteiger charge is 2.39. The van der Waals surface area contributed by atoms with E-state index < -0.39 is 0 Å². The van der Waals surface area contributed by atoms with E-state index in [1.807, 2.05) is 23.1 Å². The number of amides is 1. The van der Waals surface area contributed by atoms with Crippen LogP contribution < -0.4 is 10.6 Å². The number of pyridine rings is 1. The Bertz CT molecular complexity index is 1380. The van der Waals surface area contributed by atoms with E-state index in [0.717, 1.165) is 67.7 Å². The first kappa shape index (κ1) is 23.0. The van der Waals surface area contributed by atoms with Gasteiger partial charge in [0.25, 0.3) is 5.91 Å². The van der Waals surface area contributed by atoms with Gasteiger partial charge in [-0.15, -0.1) is 0 Å². The third-order valence-electron chi connectivity index (χ3n) is 8.35. The Morgan fingerprint density at radius 2 is 1.97 bits per heavy atom. The lowest BCUT2D eigenvalue weighted by Gasteiger charge is -2.43. The van der Waals surface area contributed by atoms with E-state index in [9.17, 15) is 10.1 Å². The van der Waals surface area contributed by atoms with E-state index in [4.69, 9.17) is 5.73 Å². The Labute approximate surface area is 212 Å². The van der Waals surface area contributed by atoms with E-state index >= 15 is 0 Å². The minimum atomic E-state index is -0.171. The molecule has 0 spiro atoms. The van der Waals surface area contributed by atoms with Gasteiger partial charge in [-0.05, 0) is 74.2 Å². The molecule has 36 heavy (non-hydrogen) atoms. The maximum atomic E-state index is 13.2. The molecule has 6 rings (SSSR count). The fraction of sp³-hybridized carbons (Fsp3) is 0.414. The minimum absolute atomic E-state index is 0.115. The van der Waals surface area contributed by atoms with Crippen molar-refractivity contribution in [1.82, 2.24) is 14.8 Å². The molecule has 2 aromatic carbocycles. The number of likely N-dealkylation sites (tertiary alicyclic amines) is 1. The highest BCUT2D eigenvalue weighted by Crippen LogP contribution is 2.41. The first-order valence-electron chi connectivity index (χ1n) is 12.8. The summed E-state index contributed by atoms with van der Waals surface area (Å²) in [4.78, 5) is 24.7. The number of nitriles is 1. The van der Waals surface area contributed by atoms with Gasteiger partial charge in [-0.25, -0.2) is 0 Å². The highest BCUT2D eigenvalue weighted by atomic mass is 16.2. The maximum absolute atomic E-state index is 13.2. The van der Waals surface area contributed by atoms with Gasteiger partial charge in [-0.1, -0.05) is 6.07 Å². The number of nitrogens with zero attached hydrogens (tertiary/aromatic N) is 5. The second kappa shape index (κ2) is 8.58. The third kappa shape index (κ3) is 3.82. The summed E-state index contributed by atoms with van der Waals surface area (Å²) >= 11 is 0. The van der Waals surface area contributed by atoms with Crippen molar-refractivity contribution in [3.8, 4) is 6.07 Å².